The van der Waals surface area contributed by atoms with E-state index in [1.807, 2.05) is 30.3 Å². The molecule has 0 radical (unpaired) electrons. The predicted octanol–water partition coefficient (Wildman–Crippen LogP) is 4.99. The van der Waals surface area contributed by atoms with Crippen LogP contribution >= 0.6 is 11.6 Å². The van der Waals surface area contributed by atoms with Crippen LogP contribution in [0.1, 0.15) is 40.1 Å². The zero-order valence-electron chi connectivity index (χ0n) is 15.7. The number of hydrogen-bond acceptors (Lipinski definition) is 4. The molecule has 2 N–H and O–H groups in total. The van der Waals surface area contributed by atoms with Gasteiger partial charge >= 0.3 is 0 Å². The molecule has 3 aromatic rings. The second-order valence-electron chi connectivity index (χ2n) is 6.48. The van der Waals surface area contributed by atoms with Crippen molar-refractivity contribution in [2.24, 2.45) is 0 Å². The number of nitriles is 1. The third-order valence-electron chi connectivity index (χ3n) is 4.30. The van der Waals surface area contributed by atoms with E-state index in [-0.39, 0.29) is 5.91 Å². The Kier molecular flexibility index (Phi) is 6.50. The molecule has 3 rings (SSSR count). The van der Waals surface area contributed by atoms with Gasteiger partial charge in [-0.2, -0.15) is 5.26 Å². The van der Waals surface area contributed by atoms with Crippen molar-refractivity contribution in [1.82, 2.24) is 5.32 Å². The fourth-order valence-electron chi connectivity index (χ4n) is 2.70. The average Bonchev–Trinajstić information content (AvgIpc) is 2.73. The first kappa shape index (κ1) is 20.4. The van der Waals surface area contributed by atoms with Crippen molar-refractivity contribution in [1.29, 1.82) is 5.26 Å². The van der Waals surface area contributed by atoms with Crippen molar-refractivity contribution in [2.75, 3.05) is 0 Å². The van der Waals surface area contributed by atoms with Crippen LogP contribution in [0.15, 0.2) is 66.7 Å². The molecule has 0 saturated heterocycles. The van der Waals surface area contributed by atoms with E-state index in [1.165, 1.54) is 6.07 Å². The Labute approximate surface area is 174 Å². The molecule has 0 aliphatic carbocycles. The van der Waals surface area contributed by atoms with Gasteiger partial charge in [0, 0.05) is 17.1 Å². The topological polar surface area (TPSA) is 82.3 Å². The molecule has 0 aliphatic rings. The molecule has 0 aliphatic heterocycles. The summed E-state index contributed by atoms with van der Waals surface area (Å²) < 4.78 is 5.76. The first-order valence-electron chi connectivity index (χ1n) is 8.99. The third kappa shape index (κ3) is 5.35. The molecule has 0 bridgehead atoms. The highest BCUT2D eigenvalue weighted by molar-refractivity contribution is 6.30. The number of amides is 1. The maximum Gasteiger partial charge on any atom is 0.251 e. The molecular weight excluding hydrogens is 388 g/mol. The van der Waals surface area contributed by atoms with E-state index in [2.05, 4.69) is 5.32 Å². The average molecular weight is 407 g/mol. The number of hydrogen-bond donors (Lipinski definition) is 2. The van der Waals surface area contributed by atoms with E-state index < -0.39 is 6.10 Å². The van der Waals surface area contributed by atoms with Crippen LogP contribution in [-0.2, 0) is 6.54 Å². The summed E-state index contributed by atoms with van der Waals surface area (Å²) in [5.74, 6) is 0.567. The number of carbonyl (C=O) groups is 1. The molecule has 0 heterocycles. The molecule has 146 valence electrons. The number of nitrogens with zero attached hydrogens (tertiary/aromatic N) is 1. The van der Waals surface area contributed by atoms with Crippen molar-refractivity contribution in [3.05, 3.63) is 94.0 Å². The van der Waals surface area contributed by atoms with Gasteiger partial charge in [0.1, 0.15) is 17.6 Å². The highest BCUT2D eigenvalue weighted by atomic mass is 35.5. The first-order valence-corrected chi connectivity index (χ1v) is 9.37. The molecule has 5 nitrogen and oxygen atoms in total. The molecule has 6 heteroatoms. The molecule has 3 aromatic carbocycles. The van der Waals surface area contributed by atoms with Gasteiger partial charge in [-0.05, 0) is 54.4 Å². The molecule has 1 amide bonds. The highest BCUT2D eigenvalue weighted by Gasteiger charge is 2.10. The summed E-state index contributed by atoms with van der Waals surface area (Å²) in [6, 6.07) is 20.9. The minimum absolute atomic E-state index is 0.244. The quantitative estimate of drug-likeness (QED) is 0.604. The van der Waals surface area contributed by atoms with E-state index >= 15 is 0 Å². The van der Waals surface area contributed by atoms with E-state index in [9.17, 15) is 15.2 Å². The van der Waals surface area contributed by atoms with Gasteiger partial charge < -0.3 is 15.2 Å². The Balaban J connectivity index is 1.67. The number of aliphatic hydroxyl groups is 1. The standard InChI is InChI=1S/C23H19ClN2O3/c1-15(27)17-7-5-16(6-8-17)14-26-23(28)18-3-2-4-21(12-18)29-22-10-9-20(24)11-19(22)13-25/h2-12,15,27H,14H2,1H3,(H,26,28). The number of nitrogens with one attached hydrogen (secondary N) is 1. The Morgan fingerprint density at radius 2 is 1.93 bits per heavy atom. The minimum atomic E-state index is -0.524. The van der Waals surface area contributed by atoms with Crippen LogP contribution in [0.3, 0.4) is 0 Å². The summed E-state index contributed by atoms with van der Waals surface area (Å²) in [7, 11) is 0. The number of ether oxygens (including phenoxy) is 1. The van der Waals surface area contributed by atoms with E-state index in [4.69, 9.17) is 16.3 Å². The number of carbonyl (C=O) groups excluding carboxylic acids is 1. The smallest absolute Gasteiger partial charge is 0.251 e. The molecule has 1 unspecified atom stereocenters. The van der Waals surface area contributed by atoms with Gasteiger partial charge in [-0.15, -0.1) is 0 Å². The van der Waals surface area contributed by atoms with E-state index in [0.717, 1.165) is 11.1 Å². The largest absolute Gasteiger partial charge is 0.456 e. The molecule has 0 spiro atoms. The first-order chi connectivity index (χ1) is 14.0. The second kappa shape index (κ2) is 9.24. The monoisotopic (exact) mass is 406 g/mol. The van der Waals surface area contributed by atoms with Crippen molar-refractivity contribution in [3.8, 4) is 17.6 Å². The normalized spacial score (nSPS) is 11.4. The van der Waals surface area contributed by atoms with E-state index in [1.54, 1.807) is 43.3 Å². The van der Waals surface area contributed by atoms with Crippen molar-refractivity contribution < 1.29 is 14.6 Å². The van der Waals surface area contributed by atoms with Gasteiger partial charge in [-0.3, -0.25) is 4.79 Å². The zero-order valence-corrected chi connectivity index (χ0v) is 16.5. The summed E-state index contributed by atoms with van der Waals surface area (Å²) >= 11 is 5.90. The van der Waals surface area contributed by atoms with Crippen molar-refractivity contribution in [2.45, 2.75) is 19.6 Å². The van der Waals surface area contributed by atoms with Crippen LogP contribution < -0.4 is 10.1 Å². The highest BCUT2D eigenvalue weighted by Crippen LogP contribution is 2.28. The van der Waals surface area contributed by atoms with Crippen molar-refractivity contribution in [3.63, 3.8) is 0 Å². The maximum absolute atomic E-state index is 12.5. The van der Waals surface area contributed by atoms with Crippen LogP contribution in [0.25, 0.3) is 0 Å². The van der Waals surface area contributed by atoms with Crippen LogP contribution in [-0.4, -0.2) is 11.0 Å². The molecule has 0 aromatic heterocycles. The lowest BCUT2D eigenvalue weighted by atomic mass is 10.1. The van der Waals surface area contributed by atoms with E-state index in [0.29, 0.717) is 34.2 Å². The summed E-state index contributed by atoms with van der Waals surface area (Å²) in [6.45, 7) is 2.06. The number of aliphatic hydroxyl groups excluding tert-OH is 1. The minimum Gasteiger partial charge on any atom is -0.456 e. The third-order valence-corrected chi connectivity index (χ3v) is 4.54. The SMILES string of the molecule is CC(O)c1ccc(CNC(=O)c2cccc(Oc3ccc(Cl)cc3C#N)c2)cc1. The molecular formula is C23H19ClN2O3. The molecule has 29 heavy (non-hydrogen) atoms. The predicted molar refractivity (Wildman–Crippen MR) is 111 cm³/mol. The Morgan fingerprint density at radius 1 is 1.17 bits per heavy atom. The van der Waals surface area contributed by atoms with Crippen LogP contribution in [0, 0.1) is 11.3 Å². The summed E-state index contributed by atoms with van der Waals surface area (Å²) in [4.78, 5) is 12.5. The Morgan fingerprint density at radius 3 is 2.62 bits per heavy atom. The molecule has 0 fully saturated rings. The Bertz CT molecular complexity index is 1060. The van der Waals surface area contributed by atoms with Gasteiger partial charge in [-0.1, -0.05) is 41.9 Å². The number of benzene rings is 3. The van der Waals surface area contributed by atoms with Crippen LogP contribution in [0.5, 0.6) is 11.5 Å². The molecule has 0 saturated carbocycles. The fourth-order valence-corrected chi connectivity index (χ4v) is 2.88. The van der Waals surface area contributed by atoms with Gasteiger partial charge in [0.25, 0.3) is 5.91 Å². The zero-order chi connectivity index (χ0) is 20.8. The molecule has 1 atom stereocenters. The Hall–Kier alpha value is -3.33. The van der Waals surface area contributed by atoms with Crippen LogP contribution in [0.2, 0.25) is 5.02 Å². The fraction of sp³-hybridized carbons (Fsp3) is 0.130. The van der Waals surface area contributed by atoms with Crippen molar-refractivity contribution >= 4 is 17.5 Å². The summed E-state index contributed by atoms with van der Waals surface area (Å²) in [5, 5.41) is 22.1. The summed E-state index contributed by atoms with van der Waals surface area (Å²) in [6.07, 6.45) is -0.524. The maximum atomic E-state index is 12.5. The number of rotatable bonds is 6. The number of halogens is 1. The lowest BCUT2D eigenvalue weighted by Gasteiger charge is -2.10. The van der Waals surface area contributed by atoms with Gasteiger partial charge in [0.2, 0.25) is 0 Å². The summed E-state index contributed by atoms with van der Waals surface area (Å²) in [5.41, 5.74) is 2.50. The lowest BCUT2D eigenvalue weighted by molar-refractivity contribution is 0.0950. The lowest BCUT2D eigenvalue weighted by Crippen LogP contribution is -2.22. The second-order valence-corrected chi connectivity index (χ2v) is 6.92. The van der Waals surface area contributed by atoms with Gasteiger partial charge in [-0.25, -0.2) is 0 Å². The van der Waals surface area contributed by atoms with Crippen LogP contribution in [0.4, 0.5) is 0 Å². The van der Waals surface area contributed by atoms with Gasteiger partial charge in [0.05, 0.1) is 11.7 Å². The van der Waals surface area contributed by atoms with Gasteiger partial charge in [0.15, 0.2) is 0 Å².